The van der Waals surface area contributed by atoms with E-state index in [0.29, 0.717) is 12.8 Å². The lowest BCUT2D eigenvalue weighted by atomic mass is 9.84. The standard InChI is InChI=1S/C21H39N3O2S2/c1-20(2,15-18(25)23-5)9-6-11-27-13-8-14-28-12-7-10-21(3,4)16-19(26)24-17-22/h6-16H2,1-5H3,(H,23,25)(H,24,26). The zero-order valence-electron chi connectivity index (χ0n) is 18.4. The second-order valence-corrected chi connectivity index (χ2v) is 11.3. The van der Waals surface area contributed by atoms with Crippen molar-refractivity contribution in [2.75, 3.05) is 30.1 Å². The summed E-state index contributed by atoms with van der Waals surface area (Å²) in [5, 5.41) is 13.4. The molecule has 0 radical (unpaired) electrons. The number of carbonyl (C=O) groups is 2. The van der Waals surface area contributed by atoms with Gasteiger partial charge < -0.3 is 5.32 Å². The van der Waals surface area contributed by atoms with Crippen LogP contribution in [0.5, 0.6) is 0 Å². The minimum Gasteiger partial charge on any atom is -0.359 e. The molecule has 0 rings (SSSR count). The summed E-state index contributed by atoms with van der Waals surface area (Å²) >= 11 is 4.00. The average Bonchev–Trinajstić information content (AvgIpc) is 2.58. The first-order valence-corrected chi connectivity index (χ1v) is 12.5. The van der Waals surface area contributed by atoms with Crippen LogP contribution >= 0.6 is 23.5 Å². The van der Waals surface area contributed by atoms with Crippen LogP contribution in [0.2, 0.25) is 0 Å². The molecule has 0 aromatic heterocycles. The second-order valence-electron chi connectivity index (χ2n) is 8.80. The van der Waals surface area contributed by atoms with Gasteiger partial charge in [0, 0.05) is 19.9 Å². The average molecular weight is 430 g/mol. The summed E-state index contributed by atoms with van der Waals surface area (Å²) in [7, 11) is 1.70. The van der Waals surface area contributed by atoms with Crippen LogP contribution in [0.3, 0.4) is 0 Å². The summed E-state index contributed by atoms with van der Waals surface area (Å²) in [6.07, 6.45) is 8.28. The molecule has 28 heavy (non-hydrogen) atoms. The molecule has 0 aliphatic heterocycles. The number of nitriles is 1. The topological polar surface area (TPSA) is 82.0 Å². The van der Waals surface area contributed by atoms with Gasteiger partial charge in [0.25, 0.3) is 0 Å². The number of carbonyl (C=O) groups excluding carboxylic acids is 2. The van der Waals surface area contributed by atoms with E-state index in [9.17, 15) is 9.59 Å². The van der Waals surface area contributed by atoms with Gasteiger partial charge in [0.05, 0.1) is 0 Å². The van der Waals surface area contributed by atoms with Crippen LogP contribution in [0.4, 0.5) is 0 Å². The van der Waals surface area contributed by atoms with Crippen molar-refractivity contribution < 1.29 is 9.59 Å². The normalized spacial score (nSPS) is 11.7. The Kier molecular flexibility index (Phi) is 14.6. The Labute approximate surface area is 180 Å². The first-order chi connectivity index (χ1) is 13.1. The number of hydrogen-bond donors (Lipinski definition) is 2. The fourth-order valence-corrected chi connectivity index (χ4v) is 5.00. The van der Waals surface area contributed by atoms with Crippen molar-refractivity contribution in [3.8, 4) is 6.19 Å². The van der Waals surface area contributed by atoms with Crippen LogP contribution in [-0.4, -0.2) is 41.9 Å². The molecule has 0 aromatic carbocycles. The minimum atomic E-state index is -0.186. The third-order valence-corrected chi connectivity index (χ3v) is 6.92. The van der Waals surface area contributed by atoms with E-state index in [2.05, 4.69) is 38.3 Å². The Morgan fingerprint density at radius 1 is 0.821 bits per heavy atom. The Morgan fingerprint density at radius 3 is 1.68 bits per heavy atom. The number of thioether (sulfide) groups is 2. The Hall–Kier alpha value is -0.870. The predicted molar refractivity (Wildman–Crippen MR) is 122 cm³/mol. The van der Waals surface area contributed by atoms with Crippen molar-refractivity contribution >= 4 is 35.3 Å². The molecule has 0 fully saturated rings. The number of rotatable bonds is 16. The lowest BCUT2D eigenvalue weighted by Gasteiger charge is -2.23. The fraction of sp³-hybridized carbons (Fsp3) is 0.857. The molecule has 162 valence electrons. The van der Waals surface area contributed by atoms with Gasteiger partial charge in [-0.3, -0.25) is 14.9 Å². The maximum atomic E-state index is 11.5. The number of hydrogen-bond acceptors (Lipinski definition) is 5. The van der Waals surface area contributed by atoms with Crippen LogP contribution < -0.4 is 10.6 Å². The summed E-state index contributed by atoms with van der Waals surface area (Å²) in [6, 6.07) is 0. The summed E-state index contributed by atoms with van der Waals surface area (Å²) < 4.78 is 0. The highest BCUT2D eigenvalue weighted by Crippen LogP contribution is 2.28. The molecule has 0 saturated heterocycles. The first kappa shape index (κ1) is 27.1. The highest BCUT2D eigenvalue weighted by Gasteiger charge is 2.22. The number of nitrogens with zero attached hydrogens (tertiary/aromatic N) is 1. The second kappa shape index (κ2) is 15.0. The predicted octanol–water partition coefficient (Wildman–Crippen LogP) is 4.58. The van der Waals surface area contributed by atoms with Crippen LogP contribution in [0.15, 0.2) is 0 Å². The molecule has 0 spiro atoms. The van der Waals surface area contributed by atoms with Crippen molar-refractivity contribution in [2.24, 2.45) is 10.8 Å². The van der Waals surface area contributed by atoms with E-state index in [-0.39, 0.29) is 22.6 Å². The van der Waals surface area contributed by atoms with Gasteiger partial charge in [-0.2, -0.15) is 28.8 Å². The number of amides is 2. The highest BCUT2D eigenvalue weighted by atomic mass is 32.2. The Bertz CT molecular complexity index is 502. The van der Waals surface area contributed by atoms with Gasteiger partial charge in [0.2, 0.25) is 11.8 Å². The van der Waals surface area contributed by atoms with Crippen molar-refractivity contribution in [3.05, 3.63) is 0 Å². The molecule has 0 aromatic rings. The van der Waals surface area contributed by atoms with Crippen LogP contribution in [0.1, 0.15) is 72.6 Å². The van der Waals surface area contributed by atoms with E-state index in [0.717, 1.165) is 31.4 Å². The lowest BCUT2D eigenvalue weighted by molar-refractivity contribution is -0.123. The Balaban J connectivity index is 3.57. The van der Waals surface area contributed by atoms with Crippen LogP contribution in [0.25, 0.3) is 0 Å². The van der Waals surface area contributed by atoms with Gasteiger partial charge in [-0.1, -0.05) is 27.7 Å². The van der Waals surface area contributed by atoms with E-state index in [1.54, 1.807) is 13.2 Å². The maximum absolute atomic E-state index is 11.5. The molecule has 0 saturated carbocycles. The van der Waals surface area contributed by atoms with Crippen LogP contribution in [0, 0.1) is 22.3 Å². The fourth-order valence-electron chi connectivity index (χ4n) is 3.01. The largest absolute Gasteiger partial charge is 0.359 e. The molecule has 0 bridgehead atoms. The van der Waals surface area contributed by atoms with Crippen LogP contribution in [-0.2, 0) is 9.59 Å². The molecule has 2 N–H and O–H groups in total. The van der Waals surface area contributed by atoms with Gasteiger partial charge in [-0.25, -0.2) is 0 Å². The van der Waals surface area contributed by atoms with Gasteiger partial charge in [0.15, 0.2) is 6.19 Å². The third kappa shape index (κ3) is 16.1. The molecule has 0 aliphatic carbocycles. The molecule has 7 heteroatoms. The van der Waals surface area contributed by atoms with Gasteiger partial charge in [0.1, 0.15) is 0 Å². The SMILES string of the molecule is CNC(=O)CC(C)(C)CCCSCCCSCCCC(C)(C)CC(=O)NC#N. The quantitative estimate of drug-likeness (QED) is 0.213. The lowest BCUT2D eigenvalue weighted by Crippen LogP contribution is -2.25. The van der Waals surface area contributed by atoms with Gasteiger partial charge in [-0.15, -0.1) is 0 Å². The molecule has 0 heterocycles. The molecule has 2 amide bonds. The van der Waals surface area contributed by atoms with Gasteiger partial charge >= 0.3 is 0 Å². The molecule has 0 aliphatic rings. The first-order valence-electron chi connectivity index (χ1n) is 10.2. The van der Waals surface area contributed by atoms with Crippen molar-refractivity contribution in [3.63, 3.8) is 0 Å². The maximum Gasteiger partial charge on any atom is 0.233 e. The smallest absolute Gasteiger partial charge is 0.233 e. The van der Waals surface area contributed by atoms with Crippen molar-refractivity contribution in [2.45, 2.75) is 72.6 Å². The summed E-state index contributed by atoms with van der Waals surface area (Å²) in [5.74, 6) is 4.62. The van der Waals surface area contributed by atoms with Crippen molar-refractivity contribution in [1.82, 2.24) is 10.6 Å². The molecule has 0 atom stereocenters. The highest BCUT2D eigenvalue weighted by molar-refractivity contribution is 8.00. The minimum absolute atomic E-state index is 0.0527. The molecular formula is C21H39N3O2S2. The summed E-state index contributed by atoms with van der Waals surface area (Å²) in [5.41, 5.74) is 0.0302. The number of nitrogens with one attached hydrogen (secondary N) is 2. The molecule has 5 nitrogen and oxygen atoms in total. The van der Waals surface area contributed by atoms with E-state index < -0.39 is 0 Å². The van der Waals surface area contributed by atoms with E-state index in [1.165, 1.54) is 23.7 Å². The zero-order chi connectivity index (χ0) is 21.5. The van der Waals surface area contributed by atoms with E-state index >= 15 is 0 Å². The molecular weight excluding hydrogens is 390 g/mol. The molecule has 0 unspecified atom stereocenters. The summed E-state index contributed by atoms with van der Waals surface area (Å²) in [4.78, 5) is 23.0. The van der Waals surface area contributed by atoms with E-state index in [4.69, 9.17) is 5.26 Å². The van der Waals surface area contributed by atoms with Gasteiger partial charge in [-0.05, 0) is 65.9 Å². The summed E-state index contributed by atoms with van der Waals surface area (Å²) in [6.45, 7) is 8.50. The monoisotopic (exact) mass is 429 g/mol. The third-order valence-electron chi connectivity index (χ3n) is 4.61. The van der Waals surface area contributed by atoms with Crippen molar-refractivity contribution in [1.29, 1.82) is 5.26 Å². The Morgan fingerprint density at radius 2 is 1.25 bits per heavy atom. The van der Waals surface area contributed by atoms with E-state index in [1.807, 2.05) is 23.5 Å². The zero-order valence-corrected chi connectivity index (χ0v) is 20.0.